The number of hydrogen-bond acceptors (Lipinski definition) is 4. The lowest BCUT2D eigenvalue weighted by atomic mass is 10.2. The van der Waals surface area contributed by atoms with E-state index in [0.717, 1.165) is 0 Å². The minimum Gasteiger partial charge on any atom is -0.465 e. The number of methoxy groups -OCH3 is 1. The van der Waals surface area contributed by atoms with Crippen LogP contribution in [0.25, 0.3) is 0 Å². The Morgan fingerprint density at radius 3 is 2.87 bits per heavy atom. The average molecular weight is 275 g/mol. The van der Waals surface area contributed by atoms with Gasteiger partial charge in [-0.1, -0.05) is 0 Å². The number of halogens is 1. The van der Waals surface area contributed by atoms with Crippen molar-refractivity contribution in [3.8, 4) is 0 Å². The van der Waals surface area contributed by atoms with Crippen molar-refractivity contribution in [3.63, 3.8) is 0 Å². The van der Waals surface area contributed by atoms with E-state index < -0.39 is 5.97 Å². The second-order valence-electron chi connectivity index (χ2n) is 2.76. The normalized spacial score (nSPS) is 9.80. The first-order chi connectivity index (χ1) is 7.10. The van der Waals surface area contributed by atoms with E-state index in [1.54, 1.807) is 0 Å². The molecule has 0 aliphatic carbocycles. The molecule has 1 aromatic heterocycles. The number of anilines is 1. The van der Waals surface area contributed by atoms with Gasteiger partial charge in [-0.2, -0.15) is 0 Å². The number of ether oxygens (including phenoxy) is 1. The molecule has 1 rings (SSSR count). The van der Waals surface area contributed by atoms with Gasteiger partial charge in [-0.3, -0.25) is 4.79 Å². The van der Waals surface area contributed by atoms with E-state index in [2.05, 4.69) is 31.0 Å². The minimum atomic E-state index is -0.497. The van der Waals surface area contributed by atoms with E-state index in [4.69, 9.17) is 0 Å². The van der Waals surface area contributed by atoms with Gasteiger partial charge in [0, 0.05) is 6.54 Å². The molecule has 0 aliphatic heterocycles. The molecule has 5 nitrogen and oxygen atoms in total. The summed E-state index contributed by atoms with van der Waals surface area (Å²) in [5.74, 6) is -0.125. The highest BCUT2D eigenvalue weighted by Gasteiger charge is 2.14. The zero-order chi connectivity index (χ0) is 11.4. The van der Waals surface area contributed by atoms with Crippen LogP contribution in [-0.2, 0) is 4.74 Å². The molecule has 6 heteroatoms. The Labute approximate surface area is 95.0 Å². The van der Waals surface area contributed by atoms with Crippen molar-refractivity contribution >= 4 is 27.7 Å². The van der Waals surface area contributed by atoms with Crippen LogP contribution >= 0.6 is 15.9 Å². The fourth-order valence-corrected chi connectivity index (χ4v) is 1.42. The van der Waals surface area contributed by atoms with Gasteiger partial charge in [0.05, 0.1) is 11.6 Å². The number of aromatic nitrogens is 1. The summed E-state index contributed by atoms with van der Waals surface area (Å²) in [5.41, 5.74) is 0.00410. The van der Waals surface area contributed by atoms with Crippen LogP contribution in [-0.4, -0.2) is 24.6 Å². The highest BCUT2D eigenvalue weighted by atomic mass is 79.9. The van der Waals surface area contributed by atoms with E-state index in [-0.39, 0.29) is 5.56 Å². The molecule has 0 aliphatic rings. The molecular weight excluding hydrogens is 264 g/mol. The predicted octanol–water partition coefficient (Wildman–Crippen LogP) is 1.36. The molecule has 1 aromatic rings. The Kier molecular flexibility index (Phi) is 3.90. The number of H-pyrrole nitrogens is 1. The summed E-state index contributed by atoms with van der Waals surface area (Å²) in [6.45, 7) is 2.46. The molecule has 0 saturated heterocycles. The number of nitrogens with one attached hydrogen (secondary N) is 2. The largest absolute Gasteiger partial charge is 0.465 e. The quantitative estimate of drug-likeness (QED) is 0.817. The van der Waals surface area contributed by atoms with Crippen LogP contribution in [0.2, 0.25) is 0 Å². The van der Waals surface area contributed by atoms with Crippen LogP contribution in [0.4, 0.5) is 5.82 Å². The summed E-state index contributed by atoms with van der Waals surface area (Å²) in [4.78, 5) is 25.2. The van der Waals surface area contributed by atoms with Crippen molar-refractivity contribution < 1.29 is 9.53 Å². The number of rotatable bonds is 3. The van der Waals surface area contributed by atoms with Crippen LogP contribution in [0.15, 0.2) is 15.3 Å². The fourth-order valence-electron chi connectivity index (χ4n) is 1.09. The van der Waals surface area contributed by atoms with E-state index in [0.29, 0.717) is 22.4 Å². The van der Waals surface area contributed by atoms with Crippen LogP contribution in [0.5, 0.6) is 0 Å². The summed E-state index contributed by atoms with van der Waals surface area (Å²) in [5, 5.41) is 2.88. The van der Waals surface area contributed by atoms with E-state index in [1.807, 2.05) is 6.92 Å². The second-order valence-corrected chi connectivity index (χ2v) is 3.61. The van der Waals surface area contributed by atoms with Crippen molar-refractivity contribution in [1.82, 2.24) is 4.98 Å². The molecule has 0 amide bonds. The molecule has 0 atom stereocenters. The monoisotopic (exact) mass is 274 g/mol. The Morgan fingerprint density at radius 2 is 2.33 bits per heavy atom. The summed E-state index contributed by atoms with van der Waals surface area (Å²) in [7, 11) is 1.29. The lowest BCUT2D eigenvalue weighted by Gasteiger charge is -2.08. The van der Waals surface area contributed by atoms with Crippen LogP contribution in [0.3, 0.4) is 0 Å². The minimum absolute atomic E-state index is 0.293. The Morgan fingerprint density at radius 1 is 1.67 bits per heavy atom. The number of aromatic amines is 1. The average Bonchev–Trinajstić information content (AvgIpc) is 2.22. The van der Waals surface area contributed by atoms with Gasteiger partial charge in [0.1, 0.15) is 11.4 Å². The Hall–Kier alpha value is -1.30. The van der Waals surface area contributed by atoms with Crippen LogP contribution in [0.1, 0.15) is 17.3 Å². The zero-order valence-electron chi connectivity index (χ0n) is 8.39. The standard InChI is InChI=1S/C9H11BrN2O3/c1-3-11-7-5(9(14)15-2)4-6(10)8(13)12-7/h4H,3H2,1-2H3,(H2,11,12,13). The van der Waals surface area contributed by atoms with Crippen molar-refractivity contribution in [3.05, 3.63) is 26.5 Å². The van der Waals surface area contributed by atoms with Crippen LogP contribution in [0, 0.1) is 0 Å². The summed E-state index contributed by atoms with van der Waals surface area (Å²) in [6, 6.07) is 1.43. The number of esters is 1. The number of hydrogen-bond donors (Lipinski definition) is 2. The van der Waals surface area contributed by atoms with Crippen molar-refractivity contribution in [2.45, 2.75) is 6.92 Å². The molecule has 0 spiro atoms. The van der Waals surface area contributed by atoms with Gasteiger partial charge in [-0.15, -0.1) is 0 Å². The Balaban J connectivity index is 3.27. The molecule has 0 fully saturated rings. The van der Waals surface area contributed by atoms with Gasteiger partial charge in [0.15, 0.2) is 0 Å². The summed E-state index contributed by atoms with van der Waals surface area (Å²) >= 11 is 3.05. The zero-order valence-corrected chi connectivity index (χ0v) is 9.97. The third-order valence-electron chi connectivity index (χ3n) is 1.75. The first kappa shape index (κ1) is 11.8. The van der Waals surface area contributed by atoms with Gasteiger partial charge in [-0.05, 0) is 28.9 Å². The number of carbonyl (C=O) groups is 1. The fraction of sp³-hybridized carbons (Fsp3) is 0.333. The van der Waals surface area contributed by atoms with E-state index in [1.165, 1.54) is 13.2 Å². The third kappa shape index (κ3) is 2.59. The summed E-state index contributed by atoms with van der Waals surface area (Å²) in [6.07, 6.45) is 0. The number of carbonyl (C=O) groups excluding carboxylic acids is 1. The maximum Gasteiger partial charge on any atom is 0.341 e. The number of pyridine rings is 1. The topological polar surface area (TPSA) is 71.2 Å². The van der Waals surface area contributed by atoms with E-state index >= 15 is 0 Å². The molecule has 1 heterocycles. The first-order valence-electron chi connectivity index (χ1n) is 4.35. The molecule has 82 valence electrons. The third-order valence-corrected chi connectivity index (χ3v) is 2.34. The highest BCUT2D eigenvalue weighted by Crippen LogP contribution is 2.15. The van der Waals surface area contributed by atoms with Crippen molar-refractivity contribution in [2.75, 3.05) is 19.0 Å². The molecule has 0 unspecified atom stereocenters. The van der Waals surface area contributed by atoms with Gasteiger partial charge >= 0.3 is 5.97 Å². The lowest BCUT2D eigenvalue weighted by Crippen LogP contribution is -2.16. The molecule has 15 heavy (non-hydrogen) atoms. The molecule has 2 N–H and O–H groups in total. The molecule has 0 saturated carbocycles. The van der Waals surface area contributed by atoms with Gasteiger partial charge in [0.2, 0.25) is 0 Å². The van der Waals surface area contributed by atoms with Gasteiger partial charge in [-0.25, -0.2) is 4.79 Å². The molecule has 0 aromatic carbocycles. The van der Waals surface area contributed by atoms with Crippen molar-refractivity contribution in [1.29, 1.82) is 0 Å². The van der Waals surface area contributed by atoms with Gasteiger partial charge < -0.3 is 15.0 Å². The van der Waals surface area contributed by atoms with E-state index in [9.17, 15) is 9.59 Å². The van der Waals surface area contributed by atoms with Crippen molar-refractivity contribution in [2.24, 2.45) is 0 Å². The maximum atomic E-state index is 11.4. The molecule has 0 bridgehead atoms. The second kappa shape index (κ2) is 4.97. The highest BCUT2D eigenvalue weighted by molar-refractivity contribution is 9.10. The first-order valence-corrected chi connectivity index (χ1v) is 5.14. The lowest BCUT2D eigenvalue weighted by molar-refractivity contribution is 0.0601. The maximum absolute atomic E-state index is 11.4. The van der Waals surface area contributed by atoms with Crippen LogP contribution < -0.4 is 10.9 Å². The SMILES string of the molecule is CCNc1[nH]c(=O)c(Br)cc1C(=O)OC. The molecular formula is C9H11BrN2O3. The summed E-state index contributed by atoms with van der Waals surface area (Å²) < 4.78 is 4.89. The van der Waals surface area contributed by atoms with Gasteiger partial charge in [0.25, 0.3) is 5.56 Å². The predicted molar refractivity (Wildman–Crippen MR) is 60.3 cm³/mol. The molecule has 0 radical (unpaired) electrons. The smallest absolute Gasteiger partial charge is 0.341 e. The Bertz CT molecular complexity index is 428.